The third kappa shape index (κ3) is 5.05. The lowest BCUT2D eigenvalue weighted by atomic mass is 9.85. The van der Waals surface area contributed by atoms with Gasteiger partial charge in [-0.2, -0.15) is 0 Å². The molecule has 2 rings (SSSR count). The van der Waals surface area contributed by atoms with Gasteiger partial charge in [0.2, 0.25) is 11.8 Å². The Morgan fingerprint density at radius 1 is 1.24 bits per heavy atom. The quantitative estimate of drug-likeness (QED) is 0.794. The molecule has 0 aromatic heterocycles. The summed E-state index contributed by atoms with van der Waals surface area (Å²) in [6.45, 7) is 6.26. The van der Waals surface area contributed by atoms with Gasteiger partial charge in [0.25, 0.3) is 0 Å². The van der Waals surface area contributed by atoms with Crippen LogP contribution in [0, 0.1) is 5.41 Å². The summed E-state index contributed by atoms with van der Waals surface area (Å²) in [6.07, 6.45) is 2.12. The number of fused-ring (bicyclic) bond motifs is 1. The number of anilines is 2. The van der Waals surface area contributed by atoms with E-state index in [0.717, 1.165) is 17.7 Å². The molecule has 136 valence electrons. The van der Waals surface area contributed by atoms with Crippen LogP contribution < -0.4 is 10.2 Å². The van der Waals surface area contributed by atoms with E-state index >= 15 is 0 Å². The summed E-state index contributed by atoms with van der Waals surface area (Å²) in [5, 5.41) is 11.8. The maximum atomic E-state index is 12.2. The lowest BCUT2D eigenvalue weighted by Gasteiger charge is -2.29. The standard InChI is InChI=1S/C19H26N2O4/c1-4-9-21-15-7-6-14(10-13(15)5-8-17(21)23)20-16(22)11-19(2,3)12-18(24)25/h6-7,10H,4-5,8-9,11-12H2,1-3H3,(H,20,22)(H,24,25). The Morgan fingerprint density at radius 3 is 2.60 bits per heavy atom. The smallest absolute Gasteiger partial charge is 0.303 e. The number of carboxylic acids is 1. The summed E-state index contributed by atoms with van der Waals surface area (Å²) < 4.78 is 0. The minimum atomic E-state index is -0.910. The van der Waals surface area contributed by atoms with Crippen LogP contribution in [0.2, 0.25) is 0 Å². The molecule has 2 amide bonds. The van der Waals surface area contributed by atoms with Crippen LogP contribution in [-0.4, -0.2) is 29.4 Å². The molecular formula is C19H26N2O4. The van der Waals surface area contributed by atoms with Gasteiger partial charge in [0.05, 0.1) is 6.42 Å². The highest BCUT2D eigenvalue weighted by atomic mass is 16.4. The van der Waals surface area contributed by atoms with Crippen LogP contribution in [0.3, 0.4) is 0 Å². The predicted molar refractivity (Wildman–Crippen MR) is 96.7 cm³/mol. The van der Waals surface area contributed by atoms with Crippen LogP contribution in [0.5, 0.6) is 0 Å². The molecule has 6 heteroatoms. The van der Waals surface area contributed by atoms with E-state index in [1.54, 1.807) is 24.8 Å². The summed E-state index contributed by atoms with van der Waals surface area (Å²) in [5.74, 6) is -0.975. The van der Waals surface area contributed by atoms with E-state index in [9.17, 15) is 14.4 Å². The number of benzene rings is 1. The van der Waals surface area contributed by atoms with Gasteiger partial charge < -0.3 is 15.3 Å². The fourth-order valence-corrected chi connectivity index (χ4v) is 3.22. The summed E-state index contributed by atoms with van der Waals surface area (Å²) in [4.78, 5) is 37.0. The van der Waals surface area contributed by atoms with Gasteiger partial charge in [-0.25, -0.2) is 0 Å². The number of rotatable bonds is 7. The second-order valence-electron chi connectivity index (χ2n) is 7.35. The van der Waals surface area contributed by atoms with Gasteiger partial charge in [0.1, 0.15) is 0 Å². The Bertz CT molecular complexity index is 682. The Balaban J connectivity index is 2.08. The van der Waals surface area contributed by atoms with Crippen molar-refractivity contribution in [1.29, 1.82) is 0 Å². The molecule has 0 unspecified atom stereocenters. The molecule has 0 radical (unpaired) electrons. The van der Waals surface area contributed by atoms with Crippen molar-refractivity contribution < 1.29 is 19.5 Å². The first kappa shape index (κ1) is 19.0. The van der Waals surface area contributed by atoms with E-state index in [4.69, 9.17) is 5.11 Å². The largest absolute Gasteiger partial charge is 0.481 e. The normalized spacial score (nSPS) is 14.2. The van der Waals surface area contributed by atoms with Crippen LogP contribution >= 0.6 is 0 Å². The van der Waals surface area contributed by atoms with Crippen molar-refractivity contribution in [3.63, 3.8) is 0 Å². The number of nitrogens with one attached hydrogen (secondary N) is 1. The molecule has 0 bridgehead atoms. The molecule has 1 aliphatic heterocycles. The van der Waals surface area contributed by atoms with Gasteiger partial charge >= 0.3 is 5.97 Å². The fraction of sp³-hybridized carbons (Fsp3) is 0.526. The van der Waals surface area contributed by atoms with Crippen LogP contribution in [0.25, 0.3) is 0 Å². The molecule has 0 saturated heterocycles. The van der Waals surface area contributed by atoms with E-state index in [-0.39, 0.29) is 24.7 Å². The minimum absolute atomic E-state index is 0.0568. The molecule has 6 nitrogen and oxygen atoms in total. The summed E-state index contributed by atoms with van der Waals surface area (Å²) in [6, 6.07) is 5.58. The Kier molecular flexibility index (Phi) is 5.82. The molecular weight excluding hydrogens is 320 g/mol. The monoisotopic (exact) mass is 346 g/mol. The van der Waals surface area contributed by atoms with Crippen molar-refractivity contribution in [3.8, 4) is 0 Å². The Labute approximate surface area is 148 Å². The number of aliphatic carboxylic acids is 1. The topological polar surface area (TPSA) is 86.7 Å². The lowest BCUT2D eigenvalue weighted by molar-refractivity contribution is -0.139. The van der Waals surface area contributed by atoms with Gasteiger partial charge in [-0.3, -0.25) is 14.4 Å². The highest BCUT2D eigenvalue weighted by molar-refractivity contribution is 5.97. The fourth-order valence-electron chi connectivity index (χ4n) is 3.22. The molecule has 0 saturated carbocycles. The van der Waals surface area contributed by atoms with E-state index in [1.807, 2.05) is 19.1 Å². The number of aryl methyl sites for hydroxylation is 1. The zero-order chi connectivity index (χ0) is 18.6. The molecule has 25 heavy (non-hydrogen) atoms. The third-order valence-electron chi connectivity index (χ3n) is 4.28. The maximum absolute atomic E-state index is 12.2. The van der Waals surface area contributed by atoms with Crippen LogP contribution in [0.4, 0.5) is 11.4 Å². The second-order valence-corrected chi connectivity index (χ2v) is 7.35. The van der Waals surface area contributed by atoms with Crippen LogP contribution in [-0.2, 0) is 20.8 Å². The summed E-state index contributed by atoms with van der Waals surface area (Å²) in [5.41, 5.74) is 2.05. The van der Waals surface area contributed by atoms with Gasteiger partial charge in [-0.1, -0.05) is 20.8 Å². The third-order valence-corrected chi connectivity index (χ3v) is 4.28. The average molecular weight is 346 g/mol. The number of carbonyl (C=O) groups is 3. The van der Waals surface area contributed by atoms with Gasteiger partial charge in [-0.15, -0.1) is 0 Å². The van der Waals surface area contributed by atoms with Gasteiger partial charge in [0.15, 0.2) is 0 Å². The number of carbonyl (C=O) groups excluding carboxylic acids is 2. The van der Waals surface area contributed by atoms with Crippen molar-refractivity contribution in [2.45, 2.75) is 52.9 Å². The molecule has 0 spiro atoms. The van der Waals surface area contributed by atoms with Crippen molar-refractivity contribution in [1.82, 2.24) is 0 Å². The van der Waals surface area contributed by atoms with Gasteiger partial charge in [0, 0.05) is 30.8 Å². The van der Waals surface area contributed by atoms with Crippen molar-refractivity contribution in [3.05, 3.63) is 23.8 Å². The van der Waals surface area contributed by atoms with Crippen molar-refractivity contribution in [2.24, 2.45) is 5.41 Å². The van der Waals surface area contributed by atoms with E-state index in [0.29, 0.717) is 25.1 Å². The second kappa shape index (κ2) is 7.68. The number of hydrogen-bond acceptors (Lipinski definition) is 3. The Hall–Kier alpha value is -2.37. The zero-order valence-corrected chi connectivity index (χ0v) is 15.1. The van der Waals surface area contributed by atoms with E-state index < -0.39 is 11.4 Å². The highest BCUT2D eigenvalue weighted by Crippen LogP contribution is 2.31. The molecule has 1 aliphatic rings. The maximum Gasteiger partial charge on any atom is 0.303 e. The molecule has 1 heterocycles. The van der Waals surface area contributed by atoms with Crippen molar-refractivity contribution >= 4 is 29.2 Å². The highest BCUT2D eigenvalue weighted by Gasteiger charge is 2.26. The predicted octanol–water partition coefficient (Wildman–Crippen LogP) is 3.21. The molecule has 0 fully saturated rings. The zero-order valence-electron chi connectivity index (χ0n) is 15.1. The SMILES string of the molecule is CCCN1C(=O)CCc2cc(NC(=O)CC(C)(C)CC(=O)O)ccc21. The molecule has 2 N–H and O–H groups in total. The minimum Gasteiger partial charge on any atom is -0.481 e. The first-order valence-corrected chi connectivity index (χ1v) is 8.67. The first-order valence-electron chi connectivity index (χ1n) is 8.67. The van der Waals surface area contributed by atoms with Crippen LogP contribution in [0.15, 0.2) is 18.2 Å². The van der Waals surface area contributed by atoms with E-state index in [1.165, 1.54) is 0 Å². The van der Waals surface area contributed by atoms with Gasteiger partial charge in [-0.05, 0) is 42.0 Å². The number of amides is 2. The first-order chi connectivity index (χ1) is 11.7. The average Bonchev–Trinajstić information content (AvgIpc) is 2.48. The number of hydrogen-bond donors (Lipinski definition) is 2. The number of nitrogens with zero attached hydrogens (tertiary/aromatic N) is 1. The van der Waals surface area contributed by atoms with Crippen LogP contribution in [0.1, 0.15) is 52.0 Å². The summed E-state index contributed by atoms with van der Waals surface area (Å²) in [7, 11) is 0. The molecule has 0 aliphatic carbocycles. The van der Waals surface area contributed by atoms with Crippen molar-refractivity contribution in [2.75, 3.05) is 16.8 Å². The lowest BCUT2D eigenvalue weighted by Crippen LogP contribution is -2.35. The summed E-state index contributed by atoms with van der Waals surface area (Å²) >= 11 is 0. The number of carboxylic acid groups (broad SMARTS) is 1. The van der Waals surface area contributed by atoms with E-state index in [2.05, 4.69) is 5.32 Å². The Morgan fingerprint density at radius 2 is 1.96 bits per heavy atom. The molecule has 1 aromatic rings. The molecule has 1 aromatic carbocycles. The molecule has 0 atom stereocenters.